The second-order valence-corrected chi connectivity index (χ2v) is 10.3. The number of β-lactam (4-membered cyclic amide) rings is 1. The minimum Gasteiger partial charge on any atom is -0.488 e. The van der Waals surface area contributed by atoms with Crippen molar-refractivity contribution in [2.45, 2.75) is 16.6 Å². The van der Waals surface area contributed by atoms with Crippen LogP contribution >= 0.6 is 46.5 Å². The summed E-state index contributed by atoms with van der Waals surface area (Å²) in [6, 6.07) is -0.956. The number of thiazole rings is 1. The van der Waals surface area contributed by atoms with Gasteiger partial charge >= 0.3 is 11.5 Å². The maximum atomic E-state index is 12.9. The van der Waals surface area contributed by atoms with Crippen molar-refractivity contribution in [3.05, 3.63) is 38.2 Å². The highest BCUT2D eigenvalue weighted by atomic mass is 35.5. The van der Waals surface area contributed by atoms with E-state index < -0.39 is 40.6 Å². The Hall–Kier alpha value is -3.08. The van der Waals surface area contributed by atoms with Crippen molar-refractivity contribution in [3.63, 3.8) is 0 Å². The topological polar surface area (TPSA) is 194 Å². The molecule has 4 rings (SSSR count). The Morgan fingerprint density at radius 2 is 2.14 bits per heavy atom. The monoisotopic (exact) mass is 557 g/mol. The first kappa shape index (κ1) is 25.0. The van der Waals surface area contributed by atoms with Gasteiger partial charge in [-0.1, -0.05) is 23.4 Å². The number of rotatable bonds is 7. The minimum atomic E-state index is -1.30. The predicted octanol–water partition coefficient (Wildman–Crippen LogP) is 0.0302. The molecule has 1 unspecified atom stereocenters. The number of nitrogens with zero attached hydrogens (tertiary/aromatic N) is 5. The lowest BCUT2D eigenvalue weighted by Gasteiger charge is -2.49. The summed E-state index contributed by atoms with van der Waals surface area (Å²) in [4.78, 5) is 58.0. The van der Waals surface area contributed by atoms with Gasteiger partial charge in [0.2, 0.25) is 0 Å². The number of fused-ring (bicyclic) bond motifs is 1. The lowest BCUT2D eigenvalue weighted by atomic mass is 10.0. The number of aromatic nitrogens is 4. The van der Waals surface area contributed by atoms with Gasteiger partial charge in [-0.15, -0.1) is 28.2 Å². The number of nitrogen functional groups attached to an aromatic ring is 1. The van der Waals surface area contributed by atoms with Gasteiger partial charge in [0.1, 0.15) is 17.1 Å². The van der Waals surface area contributed by atoms with Crippen LogP contribution in [0.4, 0.5) is 5.13 Å². The zero-order valence-corrected chi connectivity index (χ0v) is 20.9. The molecule has 0 spiro atoms. The van der Waals surface area contributed by atoms with Crippen LogP contribution in [-0.4, -0.2) is 75.6 Å². The van der Waals surface area contributed by atoms with E-state index in [1.165, 1.54) is 23.5 Å². The molecule has 2 amide bonds. The van der Waals surface area contributed by atoms with Crippen LogP contribution in [0.2, 0.25) is 0 Å². The third-order valence-electron chi connectivity index (χ3n) is 4.97. The van der Waals surface area contributed by atoms with Gasteiger partial charge in [-0.25, -0.2) is 14.5 Å². The summed E-state index contributed by atoms with van der Waals surface area (Å²) in [6.45, 7) is 0. The van der Waals surface area contributed by atoms with Crippen molar-refractivity contribution in [2.24, 2.45) is 7.05 Å². The van der Waals surface area contributed by atoms with Crippen LogP contribution in [0.1, 0.15) is 5.69 Å². The summed E-state index contributed by atoms with van der Waals surface area (Å²) in [5, 5.41) is 26.7. The van der Waals surface area contributed by atoms with E-state index in [-0.39, 0.29) is 38.8 Å². The van der Waals surface area contributed by atoms with Crippen LogP contribution in [0.25, 0.3) is 5.57 Å². The zero-order chi connectivity index (χ0) is 25.4. The van der Waals surface area contributed by atoms with Gasteiger partial charge in [-0.2, -0.15) is 4.98 Å². The van der Waals surface area contributed by atoms with Crippen molar-refractivity contribution in [1.82, 2.24) is 30.0 Å². The number of amides is 2. The Balaban J connectivity index is 1.50. The highest BCUT2D eigenvalue weighted by Crippen LogP contribution is 2.41. The van der Waals surface area contributed by atoms with Gasteiger partial charge in [0.15, 0.2) is 10.3 Å². The summed E-state index contributed by atoms with van der Waals surface area (Å²) in [7, 11) is 1.47. The molecule has 1 saturated heterocycles. The van der Waals surface area contributed by atoms with Crippen molar-refractivity contribution in [3.8, 4) is 5.88 Å². The van der Waals surface area contributed by atoms with Crippen LogP contribution in [-0.2, 0) is 21.4 Å². The van der Waals surface area contributed by atoms with Crippen molar-refractivity contribution < 1.29 is 24.6 Å². The molecule has 0 aromatic carbocycles. The highest BCUT2D eigenvalue weighted by Gasteiger charge is 2.54. The van der Waals surface area contributed by atoms with E-state index in [0.717, 1.165) is 33.5 Å². The van der Waals surface area contributed by atoms with Gasteiger partial charge in [0.25, 0.3) is 17.7 Å². The van der Waals surface area contributed by atoms with Crippen LogP contribution < -0.4 is 16.6 Å². The molecular formula is C18H16ClN7O6S3. The number of aliphatic carboxylic acids is 1. The molecule has 184 valence electrons. The molecule has 0 saturated carbocycles. The van der Waals surface area contributed by atoms with E-state index >= 15 is 0 Å². The van der Waals surface area contributed by atoms with Crippen molar-refractivity contribution in [2.75, 3.05) is 17.2 Å². The Bertz CT molecular complexity index is 1360. The summed E-state index contributed by atoms with van der Waals surface area (Å²) in [5.74, 6) is -2.90. The highest BCUT2D eigenvalue weighted by molar-refractivity contribution is 8.01. The number of carbonyl (C=O) groups excluding carboxylic acids is 2. The third-order valence-corrected chi connectivity index (χ3v) is 8.31. The Kier molecular flexibility index (Phi) is 7.07. The summed E-state index contributed by atoms with van der Waals surface area (Å²) in [5.41, 5.74) is 6.27. The fourth-order valence-electron chi connectivity index (χ4n) is 3.36. The van der Waals surface area contributed by atoms with Crippen molar-refractivity contribution >= 4 is 74.9 Å². The lowest BCUT2D eigenvalue weighted by Crippen LogP contribution is -2.70. The number of thioether (sulfide) groups is 2. The van der Waals surface area contributed by atoms with Gasteiger partial charge in [-0.05, 0) is 5.57 Å². The van der Waals surface area contributed by atoms with E-state index in [9.17, 15) is 29.4 Å². The zero-order valence-electron chi connectivity index (χ0n) is 17.7. The molecule has 2 aliphatic rings. The number of carboxylic acid groups (broad SMARTS) is 1. The Morgan fingerprint density at radius 1 is 1.40 bits per heavy atom. The van der Waals surface area contributed by atoms with E-state index in [0.29, 0.717) is 5.57 Å². The maximum Gasteiger partial charge on any atom is 0.352 e. The average Bonchev–Trinajstić information content (AvgIpc) is 3.24. The second kappa shape index (κ2) is 9.88. The molecule has 0 aliphatic carbocycles. The number of carboxylic acids is 1. The summed E-state index contributed by atoms with van der Waals surface area (Å²) < 4.78 is 1.19. The van der Waals surface area contributed by atoms with Crippen LogP contribution in [0.5, 0.6) is 5.88 Å². The third kappa shape index (κ3) is 4.73. The standard InChI is InChI=1S/C18H16ClN7O6S3/c1-25-18(23-12(28)13(29)24-25)35-4-6-3-33-15-9(14(30)26(15)10(6)16(31)32)22-11(27)7(2-19)8-5-34-17(20)21-8/h2,5,9,15H,3-4H2,1H3,(H2,20,21)(H,22,27)(H,24,29)(H,31,32)/b7-2+/t9?,15-/m1/s1. The first-order valence-electron chi connectivity index (χ1n) is 9.62. The number of nitrogens with one attached hydrogen (secondary N) is 1. The molecule has 17 heteroatoms. The molecule has 0 bridgehead atoms. The molecule has 2 atom stereocenters. The largest absolute Gasteiger partial charge is 0.488 e. The second-order valence-electron chi connectivity index (χ2n) is 7.15. The molecular weight excluding hydrogens is 542 g/mol. The normalized spacial score (nSPS) is 19.9. The molecule has 13 nitrogen and oxygen atoms in total. The number of aromatic hydroxyl groups is 1. The quantitative estimate of drug-likeness (QED) is 0.203. The molecule has 35 heavy (non-hydrogen) atoms. The summed E-state index contributed by atoms with van der Waals surface area (Å²) in [6.07, 6.45) is 0. The van der Waals surface area contributed by atoms with Crippen molar-refractivity contribution in [1.29, 1.82) is 0 Å². The smallest absolute Gasteiger partial charge is 0.352 e. The Morgan fingerprint density at radius 3 is 2.77 bits per heavy atom. The molecule has 1 fully saturated rings. The van der Waals surface area contributed by atoms with Crippen LogP contribution in [0.15, 0.2) is 32.1 Å². The number of halogens is 1. The van der Waals surface area contributed by atoms with Gasteiger partial charge in [0.05, 0.1) is 11.3 Å². The molecule has 4 heterocycles. The van der Waals surface area contributed by atoms with Gasteiger partial charge in [-0.3, -0.25) is 19.3 Å². The number of hydrogen-bond donors (Lipinski definition) is 4. The fraction of sp³-hybridized carbons (Fsp3) is 0.278. The number of anilines is 1. The van der Waals surface area contributed by atoms with E-state index in [4.69, 9.17) is 17.3 Å². The first-order valence-corrected chi connectivity index (χ1v) is 13.0. The lowest BCUT2D eigenvalue weighted by molar-refractivity contribution is -0.150. The predicted molar refractivity (Wildman–Crippen MR) is 130 cm³/mol. The average molecular weight is 558 g/mol. The van der Waals surface area contributed by atoms with E-state index in [1.807, 2.05) is 0 Å². The molecule has 5 N–H and O–H groups in total. The maximum absolute atomic E-state index is 12.9. The number of nitrogens with two attached hydrogens (primary N) is 1. The first-order chi connectivity index (χ1) is 16.6. The number of aryl methyl sites for hydroxylation is 1. The molecule has 2 aliphatic heterocycles. The fourth-order valence-corrected chi connectivity index (χ4v) is 6.53. The van der Waals surface area contributed by atoms with Gasteiger partial charge < -0.3 is 21.3 Å². The summed E-state index contributed by atoms with van der Waals surface area (Å²) >= 11 is 9.25. The molecule has 2 aromatic rings. The van der Waals surface area contributed by atoms with Gasteiger partial charge in [0, 0.05) is 29.5 Å². The number of carbonyl (C=O) groups is 3. The SMILES string of the molecule is Cn1nc(O)c(=O)nc1SCC1=C(C(=O)O)N2C(=O)C(NC(=O)/C(=C/Cl)c3csc(N)n3)[C@H]2SC1. The van der Waals surface area contributed by atoms with Crippen LogP contribution in [0.3, 0.4) is 0 Å². The molecule has 2 aromatic heterocycles. The molecule has 0 radical (unpaired) electrons. The van der Waals surface area contributed by atoms with E-state index in [1.54, 1.807) is 5.38 Å². The Labute approximate surface area is 214 Å². The van der Waals surface area contributed by atoms with Crippen LogP contribution in [0, 0.1) is 0 Å². The minimum absolute atomic E-state index is 0.0263. The number of hydrogen-bond acceptors (Lipinski definition) is 12. The van der Waals surface area contributed by atoms with E-state index in [2.05, 4.69) is 20.4 Å².